The van der Waals surface area contributed by atoms with E-state index in [9.17, 15) is 37.0 Å². The maximum Gasteiger partial charge on any atom is 0.417 e. The number of hydrogen-bond donors (Lipinski definition) is 1. The first-order valence-corrected chi connectivity index (χ1v) is 44.7. The minimum atomic E-state index is -5.17. The van der Waals surface area contributed by atoms with Gasteiger partial charge < -0.3 is 18.3 Å². The standard InChI is InChI=1S/C121H65F6N13/c122-120(123,124)101-63-117(115(61-99(101)104-34-17-33-103(135-104)72-20-2-1-3-21-72)137-107-37-14-12-31-91(107)97-55-75(44-51-109(97)137)73-26-16-19-71(53-73)65-128)138-108-38-15-13-32-92(108)98-56-76(45-52-110(98)138)74-39-46-90(85(54-74)70-133)119(134)106-36-18-35-105(136-106)100-62-116(139-111-57-77(86-27-8-4-22-81(86)66-129)40-47-93(111)94-48-41-78(58-112(94)139)87-28-9-5-23-82(87)67-130)118(64-102(100)121(125,126)127)140-113-59-79(88-29-10-6-24-83(88)68-131)42-49-95(113)96-50-43-80(60-114(96)140)89-30-11-7-25-84(89)69-132/h1-64,134H. The van der Waals surface area contributed by atoms with Gasteiger partial charge in [0, 0.05) is 65.3 Å². The van der Waals surface area contributed by atoms with E-state index < -0.39 is 29.0 Å². The summed E-state index contributed by atoms with van der Waals surface area (Å²) in [5, 5.41) is 79.7. The first-order chi connectivity index (χ1) is 68.3. The van der Waals surface area contributed by atoms with Crippen LogP contribution in [0.3, 0.4) is 0 Å². The highest BCUT2D eigenvalue weighted by Crippen LogP contribution is 2.51. The second-order valence-electron chi connectivity index (χ2n) is 34.3. The third kappa shape index (κ3) is 14.2. The van der Waals surface area contributed by atoms with E-state index in [0.717, 1.165) is 28.0 Å². The van der Waals surface area contributed by atoms with E-state index in [0.29, 0.717) is 177 Å². The highest BCUT2D eigenvalue weighted by molar-refractivity contribution is 6.17. The Morgan fingerprint density at radius 3 is 0.986 bits per heavy atom. The van der Waals surface area contributed by atoms with Crippen LogP contribution in [0, 0.1) is 73.4 Å². The summed E-state index contributed by atoms with van der Waals surface area (Å²) < 4.78 is 110. The van der Waals surface area contributed by atoms with E-state index in [4.69, 9.17) is 9.97 Å². The molecule has 19 heteroatoms. The molecule has 0 fully saturated rings. The molecule has 23 aromatic rings. The number of nitriles is 6. The number of rotatable bonds is 15. The first-order valence-electron chi connectivity index (χ1n) is 44.7. The van der Waals surface area contributed by atoms with Crippen LogP contribution in [0.15, 0.2) is 388 Å². The van der Waals surface area contributed by atoms with Crippen molar-refractivity contribution in [3.8, 4) is 160 Å². The fourth-order valence-electron chi connectivity index (χ4n) is 20.2. The number of benzene rings is 17. The van der Waals surface area contributed by atoms with E-state index in [-0.39, 0.29) is 56.5 Å². The number of pyridine rings is 2. The largest absolute Gasteiger partial charge is 0.417 e. The van der Waals surface area contributed by atoms with Crippen LogP contribution < -0.4 is 0 Å². The predicted molar refractivity (Wildman–Crippen MR) is 539 cm³/mol. The summed E-state index contributed by atoms with van der Waals surface area (Å²) in [6.07, 6.45) is -10.1. The number of halogens is 6. The molecule has 0 aliphatic heterocycles. The summed E-state index contributed by atoms with van der Waals surface area (Å²) >= 11 is 0. The molecule has 17 aromatic carbocycles. The van der Waals surface area contributed by atoms with Crippen molar-refractivity contribution in [1.82, 2.24) is 28.2 Å². The monoisotopic (exact) mass is 1810 g/mol. The Morgan fingerprint density at radius 1 is 0.229 bits per heavy atom. The van der Waals surface area contributed by atoms with Gasteiger partial charge in [0.05, 0.1) is 176 Å². The number of nitrogens with zero attached hydrogens (tertiary/aromatic N) is 12. The Hall–Kier alpha value is -19.6. The number of fused-ring (bicyclic) bond motifs is 12. The molecule has 1 N–H and O–H groups in total. The van der Waals surface area contributed by atoms with Crippen LogP contribution in [0.4, 0.5) is 26.3 Å². The summed E-state index contributed by atoms with van der Waals surface area (Å²) in [4.78, 5) is 9.98. The van der Waals surface area contributed by atoms with Gasteiger partial charge in [-0.3, -0.25) is 5.41 Å². The second kappa shape index (κ2) is 33.6. The number of aromatic nitrogens is 6. The Labute approximate surface area is 795 Å². The number of hydrogen-bond acceptors (Lipinski definition) is 9. The molecule has 0 radical (unpaired) electrons. The van der Waals surface area contributed by atoms with Gasteiger partial charge in [0.2, 0.25) is 0 Å². The molecule has 140 heavy (non-hydrogen) atoms. The van der Waals surface area contributed by atoms with Crippen LogP contribution in [0.1, 0.15) is 55.8 Å². The molecule has 0 aliphatic carbocycles. The molecule has 13 nitrogen and oxygen atoms in total. The van der Waals surface area contributed by atoms with Crippen molar-refractivity contribution in [2.45, 2.75) is 12.4 Å². The van der Waals surface area contributed by atoms with Crippen molar-refractivity contribution in [2.24, 2.45) is 0 Å². The van der Waals surface area contributed by atoms with Crippen molar-refractivity contribution in [3.05, 3.63) is 444 Å². The third-order valence-corrected chi connectivity index (χ3v) is 26.6. The van der Waals surface area contributed by atoms with E-state index in [1.807, 2.05) is 268 Å². The Kier molecular flexibility index (Phi) is 20.3. The summed E-state index contributed by atoms with van der Waals surface area (Å²) in [5.74, 6) is 0. The average Bonchev–Trinajstić information content (AvgIpc) is 1.55. The molecule has 0 amide bonds. The molecular formula is C121H65F6N13. The van der Waals surface area contributed by atoms with Gasteiger partial charge in [0.25, 0.3) is 0 Å². The molecule has 0 aliphatic rings. The zero-order valence-corrected chi connectivity index (χ0v) is 73.6. The minimum absolute atomic E-state index is 0.0108. The van der Waals surface area contributed by atoms with E-state index in [1.54, 1.807) is 102 Å². The summed E-state index contributed by atoms with van der Waals surface area (Å²) in [7, 11) is 0. The van der Waals surface area contributed by atoms with Gasteiger partial charge in [0.1, 0.15) is 0 Å². The van der Waals surface area contributed by atoms with E-state index in [1.165, 1.54) is 30.3 Å². The molecule has 23 rings (SSSR count). The Bertz CT molecular complexity index is 9330. The molecule has 6 heterocycles. The topological polar surface area (TPSA) is 212 Å². The Morgan fingerprint density at radius 2 is 0.557 bits per heavy atom. The number of nitrogens with one attached hydrogen (secondary N) is 1. The van der Waals surface area contributed by atoms with Gasteiger partial charge in [-0.05, 0) is 218 Å². The van der Waals surface area contributed by atoms with Crippen molar-refractivity contribution in [1.29, 1.82) is 37.0 Å². The van der Waals surface area contributed by atoms with Gasteiger partial charge in [-0.15, -0.1) is 0 Å². The van der Waals surface area contributed by atoms with E-state index in [2.05, 4.69) is 36.4 Å². The maximum absolute atomic E-state index is 17.5. The zero-order chi connectivity index (χ0) is 95.5. The molecule has 0 unspecified atom stereocenters. The zero-order valence-electron chi connectivity index (χ0n) is 73.6. The van der Waals surface area contributed by atoms with Gasteiger partial charge in [-0.2, -0.15) is 57.9 Å². The third-order valence-electron chi connectivity index (χ3n) is 26.6. The lowest BCUT2D eigenvalue weighted by atomic mass is 9.94. The predicted octanol–water partition coefficient (Wildman–Crippen LogP) is 30.6. The molecular weight excluding hydrogens is 1750 g/mol. The summed E-state index contributed by atoms with van der Waals surface area (Å²) in [6, 6.07) is 128. The summed E-state index contributed by atoms with van der Waals surface area (Å²) in [5.41, 5.74) is 12.6. The lowest BCUT2D eigenvalue weighted by Gasteiger charge is -2.22. The summed E-state index contributed by atoms with van der Waals surface area (Å²) in [6.45, 7) is 0. The molecule has 6 aromatic heterocycles. The van der Waals surface area contributed by atoms with Crippen molar-refractivity contribution in [3.63, 3.8) is 0 Å². The molecule has 0 saturated carbocycles. The van der Waals surface area contributed by atoms with Crippen molar-refractivity contribution in [2.75, 3.05) is 0 Å². The fourth-order valence-corrected chi connectivity index (χ4v) is 20.2. The van der Waals surface area contributed by atoms with Crippen LogP contribution in [0.25, 0.3) is 211 Å². The highest BCUT2D eigenvalue weighted by atomic mass is 19.4. The van der Waals surface area contributed by atoms with E-state index >= 15 is 26.3 Å². The molecule has 0 bridgehead atoms. The van der Waals surface area contributed by atoms with Crippen molar-refractivity contribution >= 4 is 92.9 Å². The minimum Gasteiger partial charge on any atom is -0.307 e. The average molecular weight is 1810 g/mol. The van der Waals surface area contributed by atoms with Gasteiger partial charge in [0.15, 0.2) is 0 Å². The molecule has 0 spiro atoms. The normalized spacial score (nSPS) is 11.6. The van der Waals surface area contributed by atoms with Crippen molar-refractivity contribution < 1.29 is 26.3 Å². The van der Waals surface area contributed by atoms with Crippen LogP contribution in [-0.4, -0.2) is 33.9 Å². The SMILES string of the molecule is N#Cc1cccc(-c2ccc3c(c2)c2ccccc2n3-c2cc(-c3cccc(-c4ccccc4)n3)c(C(F)(F)F)cc2-n2c3ccccc3c3cc(-c4ccc(C(=N)c5cccc(-c6cc(-n7c8cc(-c9ccccc9C#N)ccc8c8ccc(-c9ccccc9C#N)cc87)c(-n7c8cc(-c9ccccc9C#N)ccc8c8ccc(-c9ccccc9C#N)cc87)cc6C(F)(F)F)n5)c(C#N)c4)ccc32)c1. The first kappa shape index (κ1) is 84.7. The maximum atomic E-state index is 17.5. The van der Waals surface area contributed by atoms with Crippen LogP contribution in [0.5, 0.6) is 0 Å². The quantitative estimate of drug-likeness (QED) is 0.0768. The smallest absolute Gasteiger partial charge is 0.307 e. The van der Waals surface area contributed by atoms with Crippen LogP contribution >= 0.6 is 0 Å². The van der Waals surface area contributed by atoms with Gasteiger partial charge in [-0.25, -0.2) is 9.97 Å². The fraction of sp³-hybridized carbons (Fsp3) is 0.0165. The second-order valence-corrected chi connectivity index (χ2v) is 34.3. The number of para-hydroxylation sites is 2. The molecule has 0 atom stereocenters. The highest BCUT2D eigenvalue weighted by Gasteiger charge is 2.40. The van der Waals surface area contributed by atoms with Crippen LogP contribution in [-0.2, 0) is 12.4 Å². The van der Waals surface area contributed by atoms with Crippen LogP contribution in [0.2, 0.25) is 0 Å². The van der Waals surface area contributed by atoms with Gasteiger partial charge >= 0.3 is 12.4 Å². The van der Waals surface area contributed by atoms with Gasteiger partial charge in [-0.1, -0.05) is 237 Å². The lowest BCUT2D eigenvalue weighted by molar-refractivity contribution is -0.137. The number of alkyl halides is 6. The Balaban J connectivity index is 0.703. The lowest BCUT2D eigenvalue weighted by Crippen LogP contribution is -2.13. The molecule has 656 valence electrons. The molecule has 0 saturated heterocycles.